The van der Waals surface area contributed by atoms with Crippen LogP contribution in [-0.2, 0) is 11.2 Å². The van der Waals surface area contributed by atoms with Crippen molar-refractivity contribution in [1.29, 1.82) is 0 Å². The van der Waals surface area contributed by atoms with Gasteiger partial charge in [0.1, 0.15) is 12.4 Å². The number of likely N-dealkylation sites (N-methyl/N-ethyl adjacent to an activating group) is 1. The first-order chi connectivity index (χ1) is 12.6. The number of hydrogen-bond acceptors (Lipinski definition) is 6. The molecule has 0 radical (unpaired) electrons. The van der Waals surface area contributed by atoms with Crippen LogP contribution >= 0.6 is 0 Å². The number of rotatable bonds is 1. The molecule has 3 heterocycles. The van der Waals surface area contributed by atoms with Crippen molar-refractivity contribution in [2.24, 2.45) is 0 Å². The highest BCUT2D eigenvalue weighted by molar-refractivity contribution is 5.94. The van der Waals surface area contributed by atoms with Crippen LogP contribution in [0.4, 0.5) is 5.82 Å². The van der Waals surface area contributed by atoms with E-state index < -0.39 is 0 Å². The minimum atomic E-state index is -0.320. The van der Waals surface area contributed by atoms with E-state index in [1.807, 2.05) is 18.2 Å². The molecular weight excluding hydrogens is 334 g/mol. The largest absolute Gasteiger partial charge is 0.438 e. The summed E-state index contributed by atoms with van der Waals surface area (Å²) in [5, 5.41) is 3.29. The zero-order chi connectivity index (χ0) is 18.4. The van der Waals surface area contributed by atoms with Gasteiger partial charge in [0, 0.05) is 32.4 Å². The number of pyridine rings is 1. The first-order valence-electron chi connectivity index (χ1n) is 8.75. The second-order valence-corrected chi connectivity index (χ2v) is 6.31. The SMILES string of the molecule is CN1CCCNc2cccc(n2)CCCN(C(=O)c2cnco2)CC1=O. The van der Waals surface area contributed by atoms with E-state index in [2.05, 4.69) is 15.3 Å². The van der Waals surface area contributed by atoms with E-state index >= 15 is 0 Å². The number of fused-ring (bicyclic) bond motifs is 2. The number of amides is 2. The summed E-state index contributed by atoms with van der Waals surface area (Å²) < 4.78 is 5.11. The summed E-state index contributed by atoms with van der Waals surface area (Å²) in [6.45, 7) is 1.81. The average Bonchev–Trinajstić information content (AvgIpc) is 3.18. The number of anilines is 1. The Bertz CT molecular complexity index is 747. The molecule has 1 aliphatic heterocycles. The molecule has 2 amide bonds. The molecule has 2 bridgehead atoms. The Morgan fingerprint density at radius 2 is 2.15 bits per heavy atom. The van der Waals surface area contributed by atoms with E-state index in [9.17, 15) is 9.59 Å². The van der Waals surface area contributed by atoms with Crippen LogP contribution in [-0.4, -0.2) is 64.8 Å². The van der Waals surface area contributed by atoms with Gasteiger partial charge in [0.2, 0.25) is 11.7 Å². The summed E-state index contributed by atoms with van der Waals surface area (Å²) in [5.74, 6) is 0.570. The monoisotopic (exact) mass is 357 g/mol. The first-order valence-corrected chi connectivity index (χ1v) is 8.75. The van der Waals surface area contributed by atoms with Crippen molar-refractivity contribution in [3.05, 3.63) is 42.2 Å². The summed E-state index contributed by atoms with van der Waals surface area (Å²) in [7, 11) is 1.75. The lowest BCUT2D eigenvalue weighted by atomic mass is 10.2. The van der Waals surface area contributed by atoms with Gasteiger partial charge in [-0.05, 0) is 31.4 Å². The number of aromatic nitrogens is 2. The molecule has 2 aromatic rings. The molecule has 0 atom stereocenters. The molecule has 0 aliphatic carbocycles. The van der Waals surface area contributed by atoms with Crippen molar-refractivity contribution in [2.75, 3.05) is 38.5 Å². The Hall–Kier alpha value is -2.90. The number of carbonyl (C=O) groups excluding carboxylic acids is 2. The van der Waals surface area contributed by atoms with Gasteiger partial charge in [0.05, 0.1) is 6.20 Å². The molecule has 1 N–H and O–H groups in total. The third kappa shape index (κ3) is 4.59. The van der Waals surface area contributed by atoms with Crippen molar-refractivity contribution in [3.8, 4) is 0 Å². The molecule has 0 saturated heterocycles. The van der Waals surface area contributed by atoms with Crippen LogP contribution in [0.15, 0.2) is 35.2 Å². The van der Waals surface area contributed by atoms with E-state index in [0.717, 1.165) is 30.9 Å². The van der Waals surface area contributed by atoms with Crippen molar-refractivity contribution < 1.29 is 14.0 Å². The minimum absolute atomic E-state index is 0.0247. The third-order valence-corrected chi connectivity index (χ3v) is 4.33. The second kappa shape index (κ2) is 8.46. The molecule has 1 aliphatic rings. The normalized spacial score (nSPS) is 16.7. The van der Waals surface area contributed by atoms with Crippen molar-refractivity contribution >= 4 is 17.6 Å². The van der Waals surface area contributed by atoms with Gasteiger partial charge in [-0.2, -0.15) is 0 Å². The molecule has 3 rings (SSSR count). The topological polar surface area (TPSA) is 91.6 Å². The summed E-state index contributed by atoms with van der Waals surface area (Å²) in [6.07, 6.45) is 4.81. The van der Waals surface area contributed by atoms with Gasteiger partial charge < -0.3 is 19.5 Å². The summed E-state index contributed by atoms with van der Waals surface area (Å²) in [4.78, 5) is 36.7. The molecule has 138 valence electrons. The van der Waals surface area contributed by atoms with Crippen LogP contribution in [0.2, 0.25) is 0 Å². The summed E-state index contributed by atoms with van der Waals surface area (Å²) in [5.41, 5.74) is 0.961. The molecule has 0 unspecified atom stereocenters. The predicted octanol–water partition coefficient (Wildman–Crippen LogP) is 1.42. The number of aryl methyl sites for hydroxylation is 1. The third-order valence-electron chi connectivity index (χ3n) is 4.33. The molecule has 0 saturated carbocycles. The highest BCUT2D eigenvalue weighted by Gasteiger charge is 2.23. The fraction of sp³-hybridized carbons (Fsp3) is 0.444. The van der Waals surface area contributed by atoms with E-state index in [1.165, 1.54) is 17.5 Å². The molecule has 8 nitrogen and oxygen atoms in total. The molecule has 2 aromatic heterocycles. The summed E-state index contributed by atoms with van der Waals surface area (Å²) >= 11 is 0. The quantitative estimate of drug-likeness (QED) is 0.830. The lowest BCUT2D eigenvalue weighted by molar-refractivity contribution is -0.130. The van der Waals surface area contributed by atoms with Gasteiger partial charge in [-0.25, -0.2) is 9.97 Å². The lowest BCUT2D eigenvalue weighted by Gasteiger charge is -2.25. The van der Waals surface area contributed by atoms with Crippen LogP contribution < -0.4 is 5.32 Å². The maximum Gasteiger partial charge on any atom is 0.291 e. The standard InChI is InChI=1S/C18H23N5O3/c1-22-9-4-8-20-16-7-2-5-14(21-16)6-3-10-23(12-17(22)24)18(25)15-11-19-13-26-15/h2,5,7,11,13H,3-4,6,8-10,12H2,1H3,(H,20,21). The van der Waals surface area contributed by atoms with Gasteiger partial charge in [0.15, 0.2) is 6.39 Å². The molecule has 26 heavy (non-hydrogen) atoms. The molecule has 0 aromatic carbocycles. The van der Waals surface area contributed by atoms with Crippen molar-refractivity contribution in [2.45, 2.75) is 19.3 Å². The smallest absolute Gasteiger partial charge is 0.291 e. The van der Waals surface area contributed by atoms with Crippen LogP contribution in [0.5, 0.6) is 0 Å². The molecular formula is C18H23N5O3. The Kier molecular flexibility index (Phi) is 5.83. The number of nitrogens with one attached hydrogen (secondary N) is 1. The number of hydrogen-bond donors (Lipinski definition) is 1. The van der Waals surface area contributed by atoms with E-state index in [4.69, 9.17) is 4.42 Å². The number of carbonyl (C=O) groups is 2. The highest BCUT2D eigenvalue weighted by atomic mass is 16.3. The Morgan fingerprint density at radius 1 is 1.27 bits per heavy atom. The van der Waals surface area contributed by atoms with E-state index in [1.54, 1.807) is 11.9 Å². The van der Waals surface area contributed by atoms with Crippen LogP contribution in [0.3, 0.4) is 0 Å². The van der Waals surface area contributed by atoms with E-state index in [-0.39, 0.29) is 24.1 Å². The fourth-order valence-corrected chi connectivity index (χ4v) is 2.84. The predicted molar refractivity (Wildman–Crippen MR) is 95.7 cm³/mol. The molecule has 8 heteroatoms. The van der Waals surface area contributed by atoms with Crippen LogP contribution in [0.1, 0.15) is 29.1 Å². The first kappa shape index (κ1) is 17.9. The van der Waals surface area contributed by atoms with Gasteiger partial charge in [-0.1, -0.05) is 6.07 Å². The van der Waals surface area contributed by atoms with Gasteiger partial charge in [-0.15, -0.1) is 0 Å². The number of nitrogens with zero attached hydrogens (tertiary/aromatic N) is 4. The summed E-state index contributed by atoms with van der Waals surface area (Å²) in [6, 6.07) is 5.88. The van der Waals surface area contributed by atoms with Crippen LogP contribution in [0, 0.1) is 0 Å². The van der Waals surface area contributed by atoms with Crippen molar-refractivity contribution in [1.82, 2.24) is 19.8 Å². The van der Waals surface area contributed by atoms with Crippen LogP contribution in [0.25, 0.3) is 0 Å². The average molecular weight is 357 g/mol. The minimum Gasteiger partial charge on any atom is -0.438 e. The molecule has 0 fully saturated rings. The Labute approximate surface area is 152 Å². The van der Waals surface area contributed by atoms with Gasteiger partial charge in [-0.3, -0.25) is 9.59 Å². The zero-order valence-corrected chi connectivity index (χ0v) is 14.9. The number of oxazole rings is 1. The van der Waals surface area contributed by atoms with Gasteiger partial charge >= 0.3 is 0 Å². The Morgan fingerprint density at radius 3 is 2.96 bits per heavy atom. The molecule has 0 spiro atoms. The maximum atomic E-state index is 12.6. The highest BCUT2D eigenvalue weighted by Crippen LogP contribution is 2.11. The van der Waals surface area contributed by atoms with E-state index in [0.29, 0.717) is 19.5 Å². The zero-order valence-electron chi connectivity index (χ0n) is 14.9. The Balaban J connectivity index is 1.76. The maximum absolute atomic E-state index is 12.6. The lowest BCUT2D eigenvalue weighted by Crippen LogP contribution is -2.42. The second-order valence-electron chi connectivity index (χ2n) is 6.31. The van der Waals surface area contributed by atoms with Crippen molar-refractivity contribution in [3.63, 3.8) is 0 Å². The van der Waals surface area contributed by atoms with Gasteiger partial charge in [0.25, 0.3) is 5.91 Å². The fourth-order valence-electron chi connectivity index (χ4n) is 2.84.